The van der Waals surface area contributed by atoms with E-state index >= 15 is 0 Å². The molecular weight excluding hydrogens is 250 g/mol. The van der Waals surface area contributed by atoms with Crippen LogP contribution in [0, 0.1) is 0 Å². The van der Waals surface area contributed by atoms with Gasteiger partial charge in [0.1, 0.15) is 0 Å². The Morgan fingerprint density at radius 3 is 2.55 bits per heavy atom. The minimum Gasteiger partial charge on any atom is -0.370 e. The third kappa shape index (κ3) is 2.60. The molecule has 1 heterocycles. The Kier molecular flexibility index (Phi) is 3.81. The summed E-state index contributed by atoms with van der Waals surface area (Å²) in [5.74, 6) is 0. The first-order chi connectivity index (χ1) is 9.75. The molecule has 4 heteroatoms. The fraction of sp³-hybridized carbons (Fsp3) is 0.562. The second kappa shape index (κ2) is 5.73. The van der Waals surface area contributed by atoms with Crippen LogP contribution in [0.25, 0.3) is 0 Å². The number of nitrogens with zero attached hydrogens (tertiary/aromatic N) is 2. The highest BCUT2D eigenvalue weighted by Crippen LogP contribution is 2.30. The van der Waals surface area contributed by atoms with Crippen LogP contribution in [0.2, 0.25) is 0 Å². The van der Waals surface area contributed by atoms with E-state index in [0.717, 1.165) is 37.3 Å². The van der Waals surface area contributed by atoms with E-state index in [1.54, 1.807) is 0 Å². The van der Waals surface area contributed by atoms with Crippen LogP contribution in [0.1, 0.15) is 32.1 Å². The van der Waals surface area contributed by atoms with E-state index in [-0.39, 0.29) is 6.03 Å². The second-order valence-electron chi connectivity index (χ2n) is 5.84. The zero-order valence-corrected chi connectivity index (χ0v) is 12.1. The normalized spacial score (nSPS) is 18.8. The molecule has 2 fully saturated rings. The van der Waals surface area contributed by atoms with Gasteiger partial charge in [-0.1, -0.05) is 12.1 Å². The molecule has 0 radical (unpaired) electrons. The Morgan fingerprint density at radius 1 is 1.20 bits per heavy atom. The van der Waals surface area contributed by atoms with Crippen LogP contribution >= 0.6 is 0 Å². The maximum absolute atomic E-state index is 12.3. The van der Waals surface area contributed by atoms with Gasteiger partial charge < -0.3 is 15.1 Å². The molecule has 108 valence electrons. The summed E-state index contributed by atoms with van der Waals surface area (Å²) in [6.45, 7) is 2.18. The third-order valence-electron chi connectivity index (χ3n) is 4.54. The number of hydrogen-bond acceptors (Lipinski definition) is 2. The maximum Gasteiger partial charge on any atom is 0.321 e. The quantitative estimate of drug-likeness (QED) is 0.917. The highest BCUT2D eigenvalue weighted by atomic mass is 16.2. The van der Waals surface area contributed by atoms with Gasteiger partial charge in [-0.25, -0.2) is 4.79 Å². The number of hydrogen-bond donors (Lipinski definition) is 1. The summed E-state index contributed by atoms with van der Waals surface area (Å²) in [6, 6.07) is 8.57. The minimum absolute atomic E-state index is 0.0151. The van der Waals surface area contributed by atoms with Crippen molar-refractivity contribution < 1.29 is 4.79 Å². The fourth-order valence-corrected chi connectivity index (χ4v) is 2.96. The van der Waals surface area contributed by atoms with Crippen molar-refractivity contribution in [1.29, 1.82) is 0 Å². The van der Waals surface area contributed by atoms with Gasteiger partial charge in [0.2, 0.25) is 0 Å². The van der Waals surface area contributed by atoms with Crippen molar-refractivity contribution in [1.82, 2.24) is 4.90 Å². The number of urea groups is 1. The average molecular weight is 273 g/mol. The van der Waals surface area contributed by atoms with Gasteiger partial charge in [-0.2, -0.15) is 0 Å². The molecule has 4 nitrogen and oxygen atoms in total. The van der Waals surface area contributed by atoms with Crippen LogP contribution in [-0.4, -0.2) is 37.1 Å². The molecule has 1 saturated heterocycles. The monoisotopic (exact) mass is 273 g/mol. The molecule has 0 atom stereocenters. The molecule has 1 saturated carbocycles. The van der Waals surface area contributed by atoms with Gasteiger partial charge >= 0.3 is 6.03 Å². The number of carbonyl (C=O) groups is 1. The van der Waals surface area contributed by atoms with E-state index in [1.165, 1.54) is 19.3 Å². The lowest BCUT2D eigenvalue weighted by molar-refractivity contribution is 0.169. The number of anilines is 2. The summed E-state index contributed by atoms with van der Waals surface area (Å²) < 4.78 is 0. The summed E-state index contributed by atoms with van der Waals surface area (Å²) in [5.41, 5.74) is 2.09. The number of rotatable bonds is 3. The summed E-state index contributed by atoms with van der Waals surface area (Å²) in [5, 5.41) is 3.08. The fourth-order valence-electron chi connectivity index (χ4n) is 2.96. The molecule has 0 unspecified atom stereocenters. The van der Waals surface area contributed by atoms with Gasteiger partial charge in [0.05, 0.1) is 11.4 Å². The van der Waals surface area contributed by atoms with E-state index < -0.39 is 0 Å². The predicted molar refractivity (Wildman–Crippen MR) is 82.3 cm³/mol. The van der Waals surface area contributed by atoms with E-state index in [2.05, 4.69) is 16.3 Å². The molecule has 0 aromatic heterocycles. The zero-order valence-electron chi connectivity index (χ0n) is 12.1. The lowest BCUT2D eigenvalue weighted by Crippen LogP contribution is -2.43. The number of para-hydroxylation sites is 2. The molecular formula is C16H23N3O. The number of amides is 2. The van der Waals surface area contributed by atoms with Crippen molar-refractivity contribution in [3.63, 3.8) is 0 Å². The van der Waals surface area contributed by atoms with Gasteiger partial charge in [0.25, 0.3) is 0 Å². The Hall–Kier alpha value is -1.71. The third-order valence-corrected chi connectivity index (χ3v) is 4.54. The summed E-state index contributed by atoms with van der Waals surface area (Å²) in [4.78, 5) is 16.5. The Morgan fingerprint density at radius 2 is 1.90 bits per heavy atom. The van der Waals surface area contributed by atoms with Crippen LogP contribution in [0.3, 0.4) is 0 Å². The van der Waals surface area contributed by atoms with Gasteiger partial charge in [-0.15, -0.1) is 0 Å². The van der Waals surface area contributed by atoms with Crippen molar-refractivity contribution in [2.75, 3.05) is 30.4 Å². The van der Waals surface area contributed by atoms with Crippen molar-refractivity contribution in [2.45, 2.75) is 38.1 Å². The van der Waals surface area contributed by atoms with Crippen molar-refractivity contribution in [3.05, 3.63) is 24.3 Å². The summed E-state index contributed by atoms with van der Waals surface area (Å²) >= 11 is 0. The molecule has 1 aliphatic carbocycles. The topological polar surface area (TPSA) is 35.6 Å². The maximum atomic E-state index is 12.3. The first-order valence-corrected chi connectivity index (χ1v) is 7.63. The van der Waals surface area contributed by atoms with Crippen LogP contribution in [0.5, 0.6) is 0 Å². The van der Waals surface area contributed by atoms with E-state index in [9.17, 15) is 4.79 Å². The van der Waals surface area contributed by atoms with E-state index in [1.807, 2.05) is 30.1 Å². The van der Waals surface area contributed by atoms with Crippen molar-refractivity contribution >= 4 is 17.4 Å². The summed E-state index contributed by atoms with van der Waals surface area (Å²) in [7, 11) is 1.90. The van der Waals surface area contributed by atoms with Crippen LogP contribution < -0.4 is 10.2 Å². The van der Waals surface area contributed by atoms with Crippen LogP contribution in [0.4, 0.5) is 16.2 Å². The second-order valence-corrected chi connectivity index (χ2v) is 5.84. The lowest BCUT2D eigenvalue weighted by Gasteiger charge is -2.35. The smallest absolute Gasteiger partial charge is 0.321 e. The molecule has 0 spiro atoms. The lowest BCUT2D eigenvalue weighted by atomic mass is 9.92. The van der Waals surface area contributed by atoms with Gasteiger partial charge in [-0.3, -0.25) is 0 Å². The highest BCUT2D eigenvalue weighted by Gasteiger charge is 2.26. The zero-order chi connectivity index (χ0) is 13.9. The van der Waals surface area contributed by atoms with E-state index in [4.69, 9.17) is 0 Å². The van der Waals surface area contributed by atoms with Gasteiger partial charge in [0.15, 0.2) is 0 Å². The SMILES string of the molecule is CN(C(=O)Nc1ccccc1N1CCCC1)C1CCC1. The molecule has 0 bridgehead atoms. The van der Waals surface area contributed by atoms with Crippen molar-refractivity contribution in [2.24, 2.45) is 0 Å². The molecule has 2 amide bonds. The Balaban J connectivity index is 1.71. The molecule has 1 N–H and O–H groups in total. The van der Waals surface area contributed by atoms with Crippen molar-refractivity contribution in [3.8, 4) is 0 Å². The molecule has 1 aromatic carbocycles. The van der Waals surface area contributed by atoms with Gasteiger partial charge in [0, 0.05) is 26.2 Å². The largest absolute Gasteiger partial charge is 0.370 e. The standard InChI is InChI=1S/C16H23N3O/c1-18(13-7-6-8-13)16(20)17-14-9-2-3-10-15(14)19-11-4-5-12-19/h2-3,9-10,13H,4-8,11-12H2,1H3,(H,17,20). The predicted octanol–water partition coefficient (Wildman–Crippen LogP) is 3.30. The molecule has 1 aromatic rings. The number of nitrogens with one attached hydrogen (secondary N) is 1. The van der Waals surface area contributed by atoms with Gasteiger partial charge in [-0.05, 0) is 44.2 Å². The number of benzene rings is 1. The first-order valence-electron chi connectivity index (χ1n) is 7.63. The Labute approximate surface area is 120 Å². The first kappa shape index (κ1) is 13.3. The molecule has 1 aliphatic heterocycles. The Bertz CT molecular complexity index is 478. The van der Waals surface area contributed by atoms with Crippen LogP contribution in [-0.2, 0) is 0 Å². The number of carbonyl (C=O) groups excluding carboxylic acids is 1. The average Bonchev–Trinajstić information content (AvgIpc) is 2.91. The molecule has 20 heavy (non-hydrogen) atoms. The summed E-state index contributed by atoms with van der Waals surface area (Å²) in [6.07, 6.45) is 6.00. The highest BCUT2D eigenvalue weighted by molar-refractivity contribution is 5.93. The van der Waals surface area contributed by atoms with Crippen LogP contribution in [0.15, 0.2) is 24.3 Å². The minimum atomic E-state index is 0.0151. The molecule has 3 rings (SSSR count). The van der Waals surface area contributed by atoms with E-state index in [0.29, 0.717) is 6.04 Å². The molecule has 2 aliphatic rings.